The highest BCUT2D eigenvalue weighted by Gasteiger charge is 2.26. The number of aryl methyl sites for hydroxylation is 2. The van der Waals surface area contributed by atoms with Crippen molar-refractivity contribution in [2.24, 2.45) is 0 Å². The summed E-state index contributed by atoms with van der Waals surface area (Å²) in [4.78, 5) is 6.03. The van der Waals surface area contributed by atoms with Crippen LogP contribution in [0, 0.1) is 6.92 Å². The van der Waals surface area contributed by atoms with E-state index in [0.717, 1.165) is 30.6 Å². The van der Waals surface area contributed by atoms with Gasteiger partial charge in [-0.3, -0.25) is 0 Å². The fourth-order valence-electron chi connectivity index (χ4n) is 2.67. The smallest absolute Gasteiger partial charge is 0.241 e. The third-order valence-electron chi connectivity index (χ3n) is 3.83. The zero-order valence-electron chi connectivity index (χ0n) is 12.6. The summed E-state index contributed by atoms with van der Waals surface area (Å²) in [5.41, 5.74) is 0. The minimum Gasteiger partial charge on any atom is -0.339 e. The summed E-state index contributed by atoms with van der Waals surface area (Å²) < 4.78 is 33.0. The van der Waals surface area contributed by atoms with Gasteiger partial charge in [-0.1, -0.05) is 24.9 Å². The third kappa shape index (κ3) is 3.09. The van der Waals surface area contributed by atoms with Crippen LogP contribution in [0.25, 0.3) is 10.7 Å². The molecule has 1 aliphatic rings. The van der Waals surface area contributed by atoms with E-state index in [1.54, 1.807) is 13.0 Å². The molecule has 0 radical (unpaired) electrons. The number of nitrogens with zero attached hydrogens (tertiary/aromatic N) is 2. The molecule has 1 aliphatic carbocycles. The van der Waals surface area contributed by atoms with Gasteiger partial charge in [0.2, 0.25) is 21.7 Å². The van der Waals surface area contributed by atoms with Crippen molar-refractivity contribution in [2.75, 3.05) is 0 Å². The lowest BCUT2D eigenvalue weighted by molar-refractivity contribution is 0.383. The average molecular weight is 341 g/mol. The number of sulfonamides is 1. The van der Waals surface area contributed by atoms with E-state index >= 15 is 0 Å². The van der Waals surface area contributed by atoms with Gasteiger partial charge < -0.3 is 4.52 Å². The zero-order valence-corrected chi connectivity index (χ0v) is 14.3. The van der Waals surface area contributed by atoms with Gasteiger partial charge in [-0.05, 0) is 25.8 Å². The Labute approximate surface area is 134 Å². The summed E-state index contributed by atoms with van der Waals surface area (Å²) in [6, 6.07) is 1.70. The predicted molar refractivity (Wildman–Crippen MR) is 84.3 cm³/mol. The average Bonchev–Trinajstić information content (AvgIpc) is 3.17. The zero-order chi connectivity index (χ0) is 15.7. The van der Waals surface area contributed by atoms with Gasteiger partial charge in [-0.15, -0.1) is 11.3 Å². The lowest BCUT2D eigenvalue weighted by atomic mass is 10.3. The molecule has 0 saturated heterocycles. The van der Waals surface area contributed by atoms with E-state index < -0.39 is 10.0 Å². The maximum absolute atomic E-state index is 12.5. The van der Waals surface area contributed by atoms with Crippen LogP contribution >= 0.6 is 11.3 Å². The van der Waals surface area contributed by atoms with Crippen LogP contribution in [0.4, 0.5) is 0 Å². The van der Waals surface area contributed by atoms with Crippen molar-refractivity contribution in [3.63, 3.8) is 0 Å². The molecule has 2 aromatic rings. The molecule has 120 valence electrons. The van der Waals surface area contributed by atoms with Crippen LogP contribution < -0.4 is 4.72 Å². The Morgan fingerprint density at radius 3 is 2.77 bits per heavy atom. The second-order valence-corrected chi connectivity index (χ2v) is 8.44. The highest BCUT2D eigenvalue weighted by atomic mass is 32.2. The lowest BCUT2D eigenvalue weighted by Gasteiger charge is -2.11. The van der Waals surface area contributed by atoms with E-state index in [0.29, 0.717) is 27.9 Å². The number of nitrogens with one attached hydrogen (secondary N) is 1. The molecule has 0 aliphatic heterocycles. The highest BCUT2D eigenvalue weighted by Crippen LogP contribution is 2.32. The van der Waals surface area contributed by atoms with Crippen molar-refractivity contribution >= 4 is 21.4 Å². The number of rotatable bonds is 5. The number of aromatic nitrogens is 2. The molecule has 2 aromatic heterocycles. The molecule has 0 aromatic carbocycles. The standard InChI is InChI=1S/C14H19N3O3S2/c1-3-13-15-14(16-20-13)11-8-12(9(2)21-11)22(18,19)17-10-6-4-5-7-10/h8,10,17H,3-7H2,1-2H3. The van der Waals surface area contributed by atoms with Crippen molar-refractivity contribution in [3.05, 3.63) is 16.8 Å². The normalized spacial score (nSPS) is 16.5. The van der Waals surface area contributed by atoms with Crippen molar-refractivity contribution < 1.29 is 12.9 Å². The first-order valence-corrected chi connectivity index (χ1v) is 9.75. The van der Waals surface area contributed by atoms with Gasteiger partial charge in [0.1, 0.15) is 0 Å². The molecule has 1 N–H and O–H groups in total. The van der Waals surface area contributed by atoms with Crippen LogP contribution in [0.3, 0.4) is 0 Å². The summed E-state index contributed by atoms with van der Waals surface area (Å²) in [5, 5.41) is 3.91. The first-order valence-electron chi connectivity index (χ1n) is 7.45. The predicted octanol–water partition coefficient (Wildman–Crippen LogP) is 2.89. The Hall–Kier alpha value is -1.25. The van der Waals surface area contributed by atoms with Crippen LogP contribution in [0.5, 0.6) is 0 Å². The van der Waals surface area contributed by atoms with E-state index in [4.69, 9.17) is 4.52 Å². The first kappa shape index (κ1) is 15.6. The van der Waals surface area contributed by atoms with Crippen LogP contribution in [-0.4, -0.2) is 24.6 Å². The summed E-state index contributed by atoms with van der Waals surface area (Å²) in [5.74, 6) is 1.00. The topological polar surface area (TPSA) is 85.1 Å². The number of hydrogen-bond acceptors (Lipinski definition) is 6. The molecule has 0 unspecified atom stereocenters. The number of thiophene rings is 1. The summed E-state index contributed by atoms with van der Waals surface area (Å²) in [6.45, 7) is 3.73. The van der Waals surface area contributed by atoms with Gasteiger partial charge in [0, 0.05) is 17.3 Å². The second kappa shape index (κ2) is 6.10. The van der Waals surface area contributed by atoms with Gasteiger partial charge in [-0.25, -0.2) is 13.1 Å². The van der Waals surface area contributed by atoms with Crippen LogP contribution in [-0.2, 0) is 16.4 Å². The molecule has 0 atom stereocenters. The molecule has 6 nitrogen and oxygen atoms in total. The van der Waals surface area contributed by atoms with E-state index in [9.17, 15) is 8.42 Å². The van der Waals surface area contributed by atoms with Gasteiger partial charge in [0.25, 0.3) is 0 Å². The van der Waals surface area contributed by atoms with E-state index in [2.05, 4.69) is 14.9 Å². The molecule has 8 heteroatoms. The van der Waals surface area contributed by atoms with Crippen molar-refractivity contribution in [3.8, 4) is 10.7 Å². The molecular weight excluding hydrogens is 322 g/mol. The van der Waals surface area contributed by atoms with Crippen molar-refractivity contribution in [2.45, 2.75) is 56.9 Å². The largest absolute Gasteiger partial charge is 0.339 e. The summed E-state index contributed by atoms with van der Waals surface area (Å²) in [7, 11) is -3.49. The Balaban J connectivity index is 1.87. The van der Waals surface area contributed by atoms with Crippen LogP contribution in [0.2, 0.25) is 0 Å². The maximum Gasteiger partial charge on any atom is 0.241 e. The van der Waals surface area contributed by atoms with E-state index in [1.165, 1.54) is 11.3 Å². The van der Waals surface area contributed by atoms with Gasteiger partial charge in [-0.2, -0.15) is 4.98 Å². The molecule has 1 saturated carbocycles. The van der Waals surface area contributed by atoms with Crippen LogP contribution in [0.1, 0.15) is 43.4 Å². The molecule has 2 heterocycles. The maximum atomic E-state index is 12.5. The Morgan fingerprint density at radius 2 is 2.14 bits per heavy atom. The monoisotopic (exact) mass is 341 g/mol. The minimum absolute atomic E-state index is 0.0598. The molecular formula is C14H19N3O3S2. The Kier molecular flexibility index (Phi) is 4.33. The van der Waals surface area contributed by atoms with Gasteiger partial charge in [0.05, 0.1) is 9.77 Å². The highest BCUT2D eigenvalue weighted by molar-refractivity contribution is 7.89. The molecule has 1 fully saturated rings. The summed E-state index contributed by atoms with van der Waals surface area (Å²) in [6.07, 6.45) is 4.67. The molecule has 0 amide bonds. The second-order valence-electron chi connectivity index (χ2n) is 5.50. The molecule has 0 spiro atoms. The lowest BCUT2D eigenvalue weighted by Crippen LogP contribution is -2.32. The van der Waals surface area contributed by atoms with E-state index in [-0.39, 0.29) is 6.04 Å². The summed E-state index contributed by atoms with van der Waals surface area (Å²) >= 11 is 1.37. The van der Waals surface area contributed by atoms with E-state index in [1.807, 2.05) is 6.92 Å². The SMILES string of the molecule is CCc1nc(-c2cc(S(=O)(=O)NC3CCCC3)c(C)s2)no1. The fraction of sp³-hybridized carbons (Fsp3) is 0.571. The molecule has 22 heavy (non-hydrogen) atoms. The first-order chi connectivity index (χ1) is 10.5. The van der Waals surface area contributed by atoms with Crippen LogP contribution in [0.15, 0.2) is 15.5 Å². The Bertz CT molecular complexity index is 758. The minimum atomic E-state index is -3.49. The Morgan fingerprint density at radius 1 is 1.41 bits per heavy atom. The van der Waals surface area contributed by atoms with Gasteiger partial charge >= 0.3 is 0 Å². The fourth-order valence-corrected chi connectivity index (χ4v) is 5.49. The molecule has 3 rings (SSSR count). The quantitative estimate of drug-likeness (QED) is 0.904. The van der Waals surface area contributed by atoms with Crippen molar-refractivity contribution in [1.29, 1.82) is 0 Å². The van der Waals surface area contributed by atoms with Crippen molar-refractivity contribution in [1.82, 2.24) is 14.9 Å². The van der Waals surface area contributed by atoms with Gasteiger partial charge in [0.15, 0.2) is 0 Å². The molecule has 0 bridgehead atoms. The third-order valence-corrected chi connectivity index (χ3v) is 6.65. The number of hydrogen-bond donors (Lipinski definition) is 1.